The van der Waals surface area contributed by atoms with E-state index in [0.717, 1.165) is 19.3 Å². The Labute approximate surface area is 88.7 Å². The smallest absolute Gasteiger partial charge is 0.287 e. The summed E-state index contributed by atoms with van der Waals surface area (Å²) >= 11 is 0. The van der Waals surface area contributed by atoms with Gasteiger partial charge in [0.05, 0.1) is 0 Å². The van der Waals surface area contributed by atoms with E-state index in [2.05, 4.69) is 11.7 Å². The third-order valence-corrected chi connectivity index (χ3v) is 2.65. The summed E-state index contributed by atoms with van der Waals surface area (Å²) in [6.45, 7) is 1.29. The summed E-state index contributed by atoms with van der Waals surface area (Å²) in [5.41, 5.74) is 0. The summed E-state index contributed by atoms with van der Waals surface area (Å²) in [6.07, 6.45) is 3.85. The average molecular weight is 218 g/mol. The molecular weight excluding hydrogens is 200 g/mol. The second kappa shape index (κ2) is 4.57. The molecule has 2 unspecified atom stereocenters. The van der Waals surface area contributed by atoms with E-state index >= 15 is 0 Å². The molecule has 2 atom stereocenters. The van der Waals surface area contributed by atoms with Crippen LogP contribution in [-0.4, -0.2) is 39.3 Å². The normalized spacial score (nSPS) is 34.1. The van der Waals surface area contributed by atoms with E-state index in [4.69, 9.17) is 5.11 Å². The standard InChI is InChI=1S/C10H18O5/c1-2-3-4-5-6-8(12)10(14)9(13,7-11)15-10/h11,13-14H,2-7H2,1H3. The Bertz CT molecular complexity index is 242. The Morgan fingerprint density at radius 2 is 1.93 bits per heavy atom. The van der Waals surface area contributed by atoms with Gasteiger partial charge in [-0.3, -0.25) is 9.53 Å². The number of hydrogen-bond donors (Lipinski definition) is 3. The molecule has 88 valence electrons. The first kappa shape index (κ1) is 12.6. The minimum Gasteiger partial charge on any atom is -0.391 e. The van der Waals surface area contributed by atoms with Crippen LogP contribution in [0.3, 0.4) is 0 Å². The number of ether oxygens (including phenoxy) is 1. The highest BCUT2D eigenvalue weighted by Crippen LogP contribution is 2.44. The van der Waals surface area contributed by atoms with Crippen LogP contribution < -0.4 is 0 Å². The van der Waals surface area contributed by atoms with Crippen molar-refractivity contribution in [1.29, 1.82) is 0 Å². The lowest BCUT2D eigenvalue weighted by atomic mass is 10.0. The molecule has 0 bridgehead atoms. The van der Waals surface area contributed by atoms with Crippen molar-refractivity contribution in [3.05, 3.63) is 0 Å². The number of Topliss-reactive ketones (excluding diaryl/α,β-unsaturated/α-hetero) is 1. The van der Waals surface area contributed by atoms with Gasteiger partial charge in [0.2, 0.25) is 0 Å². The molecule has 5 nitrogen and oxygen atoms in total. The number of epoxide rings is 1. The van der Waals surface area contributed by atoms with Crippen molar-refractivity contribution in [3.63, 3.8) is 0 Å². The molecule has 0 aromatic carbocycles. The van der Waals surface area contributed by atoms with E-state index in [-0.39, 0.29) is 6.42 Å². The quantitative estimate of drug-likeness (QED) is 0.411. The fourth-order valence-corrected chi connectivity index (χ4v) is 1.51. The number of carbonyl (C=O) groups is 1. The fourth-order valence-electron chi connectivity index (χ4n) is 1.51. The molecule has 0 saturated carbocycles. The summed E-state index contributed by atoms with van der Waals surface area (Å²) in [7, 11) is 0. The van der Waals surface area contributed by atoms with Crippen molar-refractivity contribution in [3.8, 4) is 0 Å². The maximum absolute atomic E-state index is 11.4. The highest BCUT2D eigenvalue weighted by atomic mass is 16.8. The van der Waals surface area contributed by atoms with E-state index < -0.39 is 24.0 Å². The predicted molar refractivity (Wildman–Crippen MR) is 51.8 cm³/mol. The van der Waals surface area contributed by atoms with Crippen molar-refractivity contribution in [2.75, 3.05) is 6.61 Å². The van der Waals surface area contributed by atoms with Gasteiger partial charge in [-0.25, -0.2) is 0 Å². The Morgan fingerprint density at radius 1 is 1.27 bits per heavy atom. The highest BCUT2D eigenvalue weighted by Gasteiger charge is 2.74. The van der Waals surface area contributed by atoms with E-state index in [0.29, 0.717) is 6.42 Å². The Hall–Kier alpha value is -0.490. The molecule has 1 rings (SSSR count). The van der Waals surface area contributed by atoms with Gasteiger partial charge in [0, 0.05) is 6.42 Å². The molecule has 3 N–H and O–H groups in total. The van der Waals surface area contributed by atoms with Gasteiger partial charge < -0.3 is 15.3 Å². The van der Waals surface area contributed by atoms with Crippen LogP contribution in [0.15, 0.2) is 0 Å². The Kier molecular flexibility index (Phi) is 3.83. The molecule has 0 aromatic heterocycles. The molecule has 1 aliphatic rings. The number of ketones is 1. The summed E-state index contributed by atoms with van der Waals surface area (Å²) in [6, 6.07) is 0. The molecule has 1 aliphatic heterocycles. The number of hydrogen-bond acceptors (Lipinski definition) is 5. The maximum atomic E-state index is 11.4. The summed E-state index contributed by atoms with van der Waals surface area (Å²) in [5.74, 6) is -4.81. The summed E-state index contributed by atoms with van der Waals surface area (Å²) in [5, 5.41) is 27.4. The Balaban J connectivity index is 2.30. The monoisotopic (exact) mass is 218 g/mol. The second-order valence-corrected chi connectivity index (χ2v) is 3.92. The van der Waals surface area contributed by atoms with Crippen LogP contribution in [0, 0.1) is 0 Å². The molecule has 5 heteroatoms. The van der Waals surface area contributed by atoms with Gasteiger partial charge in [-0.15, -0.1) is 0 Å². The molecule has 0 spiro atoms. The number of unbranched alkanes of at least 4 members (excludes halogenated alkanes) is 3. The molecule has 1 heterocycles. The Morgan fingerprint density at radius 3 is 2.40 bits per heavy atom. The first-order valence-electron chi connectivity index (χ1n) is 5.29. The largest absolute Gasteiger partial charge is 0.391 e. The van der Waals surface area contributed by atoms with Crippen molar-refractivity contribution >= 4 is 5.78 Å². The molecule has 0 amide bonds. The van der Waals surface area contributed by atoms with E-state index in [1.807, 2.05) is 0 Å². The zero-order chi connectivity index (χ0) is 11.5. The van der Waals surface area contributed by atoms with Crippen molar-refractivity contribution in [1.82, 2.24) is 0 Å². The van der Waals surface area contributed by atoms with Gasteiger partial charge in [-0.05, 0) is 6.42 Å². The lowest BCUT2D eigenvalue weighted by Gasteiger charge is -2.06. The molecule has 15 heavy (non-hydrogen) atoms. The topological polar surface area (TPSA) is 90.3 Å². The number of aliphatic hydroxyl groups is 3. The van der Waals surface area contributed by atoms with Gasteiger partial charge in [0.25, 0.3) is 11.6 Å². The summed E-state index contributed by atoms with van der Waals surface area (Å²) in [4.78, 5) is 11.4. The number of aliphatic hydroxyl groups excluding tert-OH is 1. The van der Waals surface area contributed by atoms with E-state index in [1.54, 1.807) is 0 Å². The second-order valence-electron chi connectivity index (χ2n) is 3.92. The maximum Gasteiger partial charge on any atom is 0.287 e. The number of rotatable bonds is 7. The third kappa shape index (κ3) is 2.36. The molecule has 1 saturated heterocycles. The van der Waals surface area contributed by atoms with Crippen LogP contribution in [-0.2, 0) is 9.53 Å². The molecule has 0 aliphatic carbocycles. The first-order valence-corrected chi connectivity index (χ1v) is 5.29. The van der Waals surface area contributed by atoms with Gasteiger partial charge in [0.1, 0.15) is 6.61 Å². The van der Waals surface area contributed by atoms with Crippen LogP contribution in [0.25, 0.3) is 0 Å². The molecular formula is C10H18O5. The average Bonchev–Trinajstić information content (AvgIpc) is 2.79. The van der Waals surface area contributed by atoms with Crippen LogP contribution in [0.2, 0.25) is 0 Å². The van der Waals surface area contributed by atoms with Crippen molar-refractivity contribution in [2.24, 2.45) is 0 Å². The van der Waals surface area contributed by atoms with Gasteiger partial charge in [-0.1, -0.05) is 26.2 Å². The van der Waals surface area contributed by atoms with Gasteiger partial charge in [-0.2, -0.15) is 0 Å². The molecule has 1 fully saturated rings. The molecule has 0 aromatic rings. The first-order chi connectivity index (χ1) is 7.00. The zero-order valence-corrected chi connectivity index (χ0v) is 8.90. The number of carbonyl (C=O) groups excluding carboxylic acids is 1. The third-order valence-electron chi connectivity index (χ3n) is 2.65. The van der Waals surface area contributed by atoms with Gasteiger partial charge in [0.15, 0.2) is 5.78 Å². The predicted octanol–water partition coefficient (Wildman–Crippen LogP) is -0.0744. The summed E-state index contributed by atoms with van der Waals surface area (Å²) < 4.78 is 4.47. The van der Waals surface area contributed by atoms with Crippen LogP contribution in [0.5, 0.6) is 0 Å². The SMILES string of the molecule is CCCCCCC(=O)C1(O)OC1(O)CO. The fraction of sp³-hybridized carbons (Fsp3) is 0.900. The van der Waals surface area contributed by atoms with Crippen LogP contribution >= 0.6 is 0 Å². The van der Waals surface area contributed by atoms with Crippen molar-refractivity contribution in [2.45, 2.75) is 50.6 Å². The molecule has 0 radical (unpaired) electrons. The highest BCUT2D eigenvalue weighted by molar-refractivity contribution is 5.89. The van der Waals surface area contributed by atoms with Gasteiger partial charge >= 0.3 is 0 Å². The minimum atomic E-state index is -2.17. The van der Waals surface area contributed by atoms with E-state index in [1.165, 1.54) is 0 Å². The van der Waals surface area contributed by atoms with Crippen molar-refractivity contribution < 1.29 is 24.9 Å². The van der Waals surface area contributed by atoms with Crippen LogP contribution in [0.1, 0.15) is 39.0 Å². The van der Waals surface area contributed by atoms with Crippen LogP contribution in [0.4, 0.5) is 0 Å². The minimum absolute atomic E-state index is 0.165. The lowest BCUT2D eigenvalue weighted by Crippen LogP contribution is -2.36. The zero-order valence-electron chi connectivity index (χ0n) is 8.90. The lowest BCUT2D eigenvalue weighted by molar-refractivity contribution is -0.138. The van der Waals surface area contributed by atoms with E-state index in [9.17, 15) is 15.0 Å².